The van der Waals surface area contributed by atoms with Crippen molar-refractivity contribution in [1.29, 1.82) is 0 Å². The molecule has 2 amide bonds. The predicted octanol–water partition coefficient (Wildman–Crippen LogP) is 2.83. The van der Waals surface area contributed by atoms with Crippen LogP contribution in [-0.4, -0.2) is 49.9 Å². The zero-order valence-corrected chi connectivity index (χ0v) is 19.5. The van der Waals surface area contributed by atoms with Gasteiger partial charge >= 0.3 is 0 Å². The molecular weight excluding hydrogens is 458 g/mol. The van der Waals surface area contributed by atoms with Crippen LogP contribution in [-0.2, 0) is 11.3 Å². The van der Waals surface area contributed by atoms with Gasteiger partial charge in [-0.05, 0) is 40.6 Å². The molecule has 180 valence electrons. The van der Waals surface area contributed by atoms with E-state index in [9.17, 15) is 9.59 Å². The van der Waals surface area contributed by atoms with Crippen molar-refractivity contribution in [1.82, 2.24) is 25.2 Å². The van der Waals surface area contributed by atoms with Crippen LogP contribution in [0.4, 0.5) is 0 Å². The molecule has 5 rings (SSSR count). The Kier molecular flexibility index (Phi) is 6.23. The number of aromatic nitrogens is 4. The van der Waals surface area contributed by atoms with Crippen LogP contribution < -0.4 is 10.5 Å². The monoisotopic (exact) mass is 481 g/mol. The summed E-state index contributed by atoms with van der Waals surface area (Å²) in [6.45, 7) is -0.134. The minimum Gasteiger partial charge on any atom is -0.497 e. The molecule has 1 aliphatic heterocycles. The average molecular weight is 482 g/mol. The average Bonchev–Trinajstić information content (AvgIpc) is 3.57. The lowest BCUT2D eigenvalue weighted by molar-refractivity contribution is -0.134. The van der Waals surface area contributed by atoms with Gasteiger partial charge in [-0.15, -0.1) is 10.2 Å². The van der Waals surface area contributed by atoms with Crippen molar-refractivity contribution >= 4 is 17.5 Å². The third kappa shape index (κ3) is 4.69. The van der Waals surface area contributed by atoms with Crippen LogP contribution in [0.15, 0.2) is 84.0 Å². The van der Waals surface area contributed by atoms with Crippen LogP contribution in [0.5, 0.6) is 5.75 Å². The van der Waals surface area contributed by atoms with E-state index in [1.54, 1.807) is 31.4 Å². The molecule has 1 unspecified atom stereocenters. The molecule has 0 radical (unpaired) electrons. The first-order valence-electron chi connectivity index (χ1n) is 11.3. The SMILES string of the molecule is COc1ccc(C2CC(c3ccccc3)=NN2C(=O)Cn2nnc(-c3ccc(C(N)=O)cc3)n2)cc1. The van der Waals surface area contributed by atoms with Gasteiger partial charge < -0.3 is 10.5 Å². The first kappa shape index (κ1) is 22.9. The number of carbonyl (C=O) groups is 2. The van der Waals surface area contributed by atoms with Crippen molar-refractivity contribution < 1.29 is 14.3 Å². The van der Waals surface area contributed by atoms with Gasteiger partial charge in [0.25, 0.3) is 5.91 Å². The second-order valence-electron chi connectivity index (χ2n) is 8.23. The number of hydrogen-bond acceptors (Lipinski definition) is 7. The van der Waals surface area contributed by atoms with Crippen LogP contribution in [0.25, 0.3) is 11.4 Å². The summed E-state index contributed by atoms with van der Waals surface area (Å²) < 4.78 is 5.27. The Morgan fingerprint density at radius 3 is 2.36 bits per heavy atom. The summed E-state index contributed by atoms with van der Waals surface area (Å²) >= 11 is 0. The highest BCUT2D eigenvalue weighted by molar-refractivity contribution is 6.03. The van der Waals surface area contributed by atoms with Gasteiger partial charge in [-0.3, -0.25) is 9.59 Å². The molecule has 0 fully saturated rings. The quantitative estimate of drug-likeness (QED) is 0.432. The van der Waals surface area contributed by atoms with Crippen LogP contribution in [0, 0.1) is 0 Å². The number of tetrazole rings is 1. The number of ether oxygens (including phenoxy) is 1. The van der Waals surface area contributed by atoms with Crippen molar-refractivity contribution in [3.05, 3.63) is 95.6 Å². The number of nitrogens with zero attached hydrogens (tertiary/aromatic N) is 6. The topological polar surface area (TPSA) is 129 Å². The van der Waals surface area contributed by atoms with Gasteiger partial charge in [-0.1, -0.05) is 54.6 Å². The van der Waals surface area contributed by atoms with Crippen molar-refractivity contribution in [3.8, 4) is 17.1 Å². The van der Waals surface area contributed by atoms with Crippen molar-refractivity contribution in [2.45, 2.75) is 19.0 Å². The molecule has 0 saturated carbocycles. The maximum absolute atomic E-state index is 13.4. The number of hydrazone groups is 1. The van der Waals surface area contributed by atoms with E-state index in [-0.39, 0.29) is 18.5 Å². The Balaban J connectivity index is 1.38. The fraction of sp³-hybridized carbons (Fsp3) is 0.154. The number of methoxy groups -OCH3 is 1. The Labute approximate surface area is 207 Å². The first-order chi connectivity index (χ1) is 17.5. The zero-order chi connectivity index (χ0) is 25.1. The lowest BCUT2D eigenvalue weighted by Gasteiger charge is -2.22. The van der Waals surface area contributed by atoms with E-state index in [0.717, 1.165) is 22.6 Å². The Morgan fingerprint density at radius 2 is 1.69 bits per heavy atom. The van der Waals surface area contributed by atoms with Gasteiger partial charge in [0.1, 0.15) is 12.3 Å². The van der Waals surface area contributed by atoms with Gasteiger partial charge in [0.05, 0.1) is 18.9 Å². The summed E-state index contributed by atoms with van der Waals surface area (Å²) in [5, 5.41) is 18.6. The molecule has 10 nitrogen and oxygen atoms in total. The smallest absolute Gasteiger partial charge is 0.266 e. The Hall–Kier alpha value is -4.86. The summed E-state index contributed by atoms with van der Waals surface area (Å²) in [4.78, 5) is 25.9. The van der Waals surface area contributed by atoms with E-state index in [0.29, 0.717) is 23.4 Å². The van der Waals surface area contributed by atoms with Gasteiger partial charge in [-0.25, -0.2) is 5.01 Å². The van der Waals surface area contributed by atoms with Crippen molar-refractivity contribution in [3.63, 3.8) is 0 Å². The van der Waals surface area contributed by atoms with E-state index >= 15 is 0 Å². The molecule has 4 aromatic rings. The lowest BCUT2D eigenvalue weighted by atomic mass is 9.98. The highest BCUT2D eigenvalue weighted by Crippen LogP contribution is 2.33. The highest BCUT2D eigenvalue weighted by Gasteiger charge is 2.33. The number of hydrogen-bond donors (Lipinski definition) is 1. The molecule has 2 N–H and O–H groups in total. The third-order valence-corrected chi connectivity index (χ3v) is 5.93. The Morgan fingerprint density at radius 1 is 0.972 bits per heavy atom. The molecule has 1 atom stereocenters. The summed E-state index contributed by atoms with van der Waals surface area (Å²) in [7, 11) is 1.61. The van der Waals surface area contributed by atoms with E-state index in [2.05, 4.69) is 20.5 Å². The standard InChI is InChI=1S/C26H23N7O3/c1-36-21-13-11-18(12-14-21)23-15-22(17-5-3-2-4-6-17)29-33(23)24(34)16-32-30-26(28-31-32)20-9-7-19(8-10-20)25(27)35/h2-14,23H,15-16H2,1H3,(H2,27,35). The van der Waals surface area contributed by atoms with E-state index < -0.39 is 5.91 Å². The number of primary amides is 1. The van der Waals surface area contributed by atoms with E-state index in [4.69, 9.17) is 10.5 Å². The second kappa shape index (κ2) is 9.79. The number of benzene rings is 3. The van der Waals surface area contributed by atoms with Crippen LogP contribution in [0.2, 0.25) is 0 Å². The maximum Gasteiger partial charge on any atom is 0.266 e. The van der Waals surface area contributed by atoms with Crippen molar-refractivity contribution in [2.75, 3.05) is 7.11 Å². The summed E-state index contributed by atoms with van der Waals surface area (Å²) in [6.07, 6.45) is 0.574. The molecule has 2 heterocycles. The van der Waals surface area contributed by atoms with Crippen LogP contribution >= 0.6 is 0 Å². The number of carbonyl (C=O) groups excluding carboxylic acids is 2. The lowest BCUT2D eigenvalue weighted by Crippen LogP contribution is -2.31. The molecule has 0 bridgehead atoms. The van der Waals surface area contributed by atoms with E-state index in [1.807, 2.05) is 54.6 Å². The predicted molar refractivity (Wildman–Crippen MR) is 132 cm³/mol. The summed E-state index contributed by atoms with van der Waals surface area (Å²) in [5.41, 5.74) is 9.06. The summed E-state index contributed by atoms with van der Waals surface area (Å²) in [6, 6.07) is 23.7. The van der Waals surface area contributed by atoms with Crippen molar-refractivity contribution in [2.24, 2.45) is 10.8 Å². The molecule has 0 aliphatic carbocycles. The Bertz CT molecular complexity index is 1410. The van der Waals surface area contributed by atoms with Gasteiger partial charge in [-0.2, -0.15) is 9.90 Å². The molecule has 3 aromatic carbocycles. The zero-order valence-electron chi connectivity index (χ0n) is 19.5. The first-order valence-corrected chi connectivity index (χ1v) is 11.3. The molecule has 1 aromatic heterocycles. The molecule has 1 aliphatic rings. The number of nitrogens with two attached hydrogens (primary N) is 1. The molecule has 0 spiro atoms. The molecule has 0 saturated heterocycles. The van der Waals surface area contributed by atoms with Gasteiger partial charge in [0, 0.05) is 17.5 Å². The minimum absolute atomic E-state index is 0.134. The normalized spacial score (nSPS) is 15.0. The second-order valence-corrected chi connectivity index (χ2v) is 8.23. The third-order valence-electron chi connectivity index (χ3n) is 5.93. The van der Waals surface area contributed by atoms with Crippen LogP contribution in [0.1, 0.15) is 33.9 Å². The van der Waals surface area contributed by atoms with Gasteiger partial charge in [0.15, 0.2) is 0 Å². The molecule has 36 heavy (non-hydrogen) atoms. The van der Waals surface area contributed by atoms with Crippen LogP contribution in [0.3, 0.4) is 0 Å². The minimum atomic E-state index is -0.517. The summed E-state index contributed by atoms with van der Waals surface area (Å²) in [5.74, 6) is 0.286. The fourth-order valence-corrected chi connectivity index (χ4v) is 4.03. The largest absolute Gasteiger partial charge is 0.497 e. The van der Waals surface area contributed by atoms with E-state index in [1.165, 1.54) is 9.81 Å². The number of rotatable bonds is 7. The molecule has 10 heteroatoms. The highest BCUT2D eigenvalue weighted by atomic mass is 16.5. The maximum atomic E-state index is 13.4. The fourth-order valence-electron chi connectivity index (χ4n) is 4.03. The number of amides is 2. The molecular formula is C26H23N7O3. The van der Waals surface area contributed by atoms with Gasteiger partial charge in [0.2, 0.25) is 11.7 Å².